The molecule has 1 aliphatic rings. The molecule has 3 rings (SSSR count). The molecule has 7 nitrogen and oxygen atoms in total. The highest BCUT2D eigenvalue weighted by Gasteiger charge is 2.16. The Morgan fingerprint density at radius 3 is 2.72 bits per heavy atom. The molecule has 29 heavy (non-hydrogen) atoms. The van der Waals surface area contributed by atoms with Gasteiger partial charge in [0.1, 0.15) is 25.8 Å². The number of allylic oxidation sites excluding steroid dienone is 1. The Morgan fingerprint density at radius 2 is 1.97 bits per heavy atom. The van der Waals surface area contributed by atoms with Crippen LogP contribution in [-0.4, -0.2) is 39.4 Å². The van der Waals surface area contributed by atoms with E-state index in [1.54, 1.807) is 19.3 Å². The Hall–Kier alpha value is -3.03. The zero-order valence-electron chi connectivity index (χ0n) is 16.7. The first-order valence-corrected chi connectivity index (χ1v) is 9.41. The van der Waals surface area contributed by atoms with Crippen LogP contribution in [0.4, 0.5) is 5.69 Å². The Balaban J connectivity index is 0.00000320. The highest BCUT2D eigenvalue weighted by molar-refractivity contribution is 6.13. The number of hydrogen-bond donors (Lipinski definition) is 2. The van der Waals surface area contributed by atoms with Crippen LogP contribution in [0.3, 0.4) is 0 Å². The molecule has 0 atom stereocenters. The standard InChI is InChI=1S/C22H26N2O5.H2/c1-3-26-14-27-13-16-6-8-18(24)21(22(16)25-2)17(23)7-4-15-5-9-19-20(12-15)29-11-10-28-19;/h4-9,12,23H,3,10-11,13-14,24H2,1-2H3;1H/b7-4+,23-17?;. The minimum absolute atomic E-state index is 0. The van der Waals surface area contributed by atoms with Crippen LogP contribution < -0.4 is 19.9 Å². The van der Waals surface area contributed by atoms with Crippen molar-refractivity contribution in [2.24, 2.45) is 0 Å². The summed E-state index contributed by atoms with van der Waals surface area (Å²) in [6, 6.07) is 9.25. The summed E-state index contributed by atoms with van der Waals surface area (Å²) in [5.41, 5.74) is 9.07. The molecule has 0 saturated carbocycles. The molecule has 2 aromatic rings. The maximum atomic E-state index is 8.52. The number of methoxy groups -OCH3 is 1. The van der Waals surface area contributed by atoms with Crippen molar-refractivity contribution in [3.8, 4) is 17.2 Å². The van der Waals surface area contributed by atoms with E-state index in [9.17, 15) is 0 Å². The van der Waals surface area contributed by atoms with Gasteiger partial charge in [-0.25, -0.2) is 0 Å². The predicted octanol–water partition coefficient (Wildman–Crippen LogP) is 3.89. The zero-order chi connectivity index (χ0) is 20.6. The molecule has 0 aromatic heterocycles. The molecule has 0 unspecified atom stereocenters. The van der Waals surface area contributed by atoms with Crippen LogP contribution in [0.1, 0.15) is 25.0 Å². The third-order valence-corrected chi connectivity index (χ3v) is 4.38. The summed E-state index contributed by atoms with van der Waals surface area (Å²) in [4.78, 5) is 0. The minimum atomic E-state index is 0. The van der Waals surface area contributed by atoms with Crippen molar-refractivity contribution in [1.29, 1.82) is 5.41 Å². The SMILES string of the molecule is CCOCOCc1ccc(N)c(C(=N)/C=C/c2ccc3c(c2)OCCO3)c1OC.[HH]. The van der Waals surface area contributed by atoms with E-state index < -0.39 is 0 Å². The molecule has 0 aliphatic carbocycles. The normalized spacial score (nSPS) is 12.9. The van der Waals surface area contributed by atoms with E-state index >= 15 is 0 Å². The monoisotopic (exact) mass is 400 g/mol. The third kappa shape index (κ3) is 5.07. The second kappa shape index (κ2) is 9.95. The average Bonchev–Trinajstić information content (AvgIpc) is 2.75. The quantitative estimate of drug-likeness (QED) is 0.287. The van der Waals surface area contributed by atoms with Gasteiger partial charge in [0.15, 0.2) is 11.5 Å². The van der Waals surface area contributed by atoms with E-state index in [0.29, 0.717) is 49.2 Å². The van der Waals surface area contributed by atoms with Crippen LogP contribution in [0.2, 0.25) is 0 Å². The Labute approximate surface area is 172 Å². The Bertz CT molecular complexity index is 901. The number of benzene rings is 2. The molecule has 3 N–H and O–H groups in total. The zero-order valence-corrected chi connectivity index (χ0v) is 16.7. The minimum Gasteiger partial charge on any atom is -0.496 e. The molecule has 0 bridgehead atoms. The number of nitrogens with two attached hydrogens (primary N) is 1. The Morgan fingerprint density at radius 1 is 1.17 bits per heavy atom. The van der Waals surface area contributed by atoms with Gasteiger partial charge in [-0.15, -0.1) is 0 Å². The number of ether oxygens (including phenoxy) is 5. The first-order valence-electron chi connectivity index (χ1n) is 9.41. The second-order valence-electron chi connectivity index (χ2n) is 6.33. The van der Waals surface area contributed by atoms with E-state index in [1.165, 1.54) is 0 Å². The lowest BCUT2D eigenvalue weighted by molar-refractivity contribution is -0.0575. The van der Waals surface area contributed by atoms with Crippen LogP contribution in [0.25, 0.3) is 6.08 Å². The molecule has 0 fully saturated rings. The second-order valence-corrected chi connectivity index (χ2v) is 6.33. The first kappa shape index (κ1) is 20.7. The smallest absolute Gasteiger partial charge is 0.161 e. The molecule has 156 valence electrons. The average molecular weight is 400 g/mol. The van der Waals surface area contributed by atoms with Gasteiger partial charge in [0.05, 0.1) is 25.0 Å². The molecule has 1 aliphatic heterocycles. The van der Waals surface area contributed by atoms with Crippen molar-refractivity contribution in [3.63, 3.8) is 0 Å². The number of anilines is 1. The van der Waals surface area contributed by atoms with Crippen molar-refractivity contribution in [2.45, 2.75) is 13.5 Å². The molecule has 0 spiro atoms. The summed E-state index contributed by atoms with van der Waals surface area (Å²) in [7, 11) is 1.56. The number of fused-ring (bicyclic) bond motifs is 1. The van der Waals surface area contributed by atoms with Gasteiger partial charge in [0, 0.05) is 19.3 Å². The van der Waals surface area contributed by atoms with Gasteiger partial charge in [-0.05, 0) is 36.8 Å². The lowest BCUT2D eigenvalue weighted by Crippen LogP contribution is -2.15. The van der Waals surface area contributed by atoms with E-state index in [1.807, 2.05) is 37.3 Å². The molecule has 1 heterocycles. The van der Waals surface area contributed by atoms with E-state index in [-0.39, 0.29) is 13.9 Å². The molecule has 0 saturated heterocycles. The van der Waals surface area contributed by atoms with E-state index in [2.05, 4.69) is 0 Å². The largest absolute Gasteiger partial charge is 0.496 e. The van der Waals surface area contributed by atoms with Gasteiger partial charge in [-0.1, -0.05) is 18.2 Å². The molecule has 7 heteroatoms. The number of nitrogens with one attached hydrogen (secondary N) is 1. The van der Waals surface area contributed by atoms with Crippen LogP contribution in [0.5, 0.6) is 17.2 Å². The third-order valence-electron chi connectivity index (χ3n) is 4.38. The van der Waals surface area contributed by atoms with Gasteiger partial charge in [-0.2, -0.15) is 0 Å². The predicted molar refractivity (Wildman–Crippen MR) is 114 cm³/mol. The van der Waals surface area contributed by atoms with Crippen molar-refractivity contribution >= 4 is 17.5 Å². The maximum Gasteiger partial charge on any atom is 0.161 e. The fourth-order valence-electron chi connectivity index (χ4n) is 2.99. The lowest BCUT2D eigenvalue weighted by atomic mass is 10.0. The lowest BCUT2D eigenvalue weighted by Gasteiger charge is -2.18. The summed E-state index contributed by atoms with van der Waals surface area (Å²) in [6.45, 7) is 4.06. The number of rotatable bonds is 9. The molecular formula is C22H28N2O5. The van der Waals surface area contributed by atoms with Gasteiger partial charge in [-0.3, -0.25) is 0 Å². The van der Waals surface area contributed by atoms with Crippen molar-refractivity contribution in [1.82, 2.24) is 0 Å². The summed E-state index contributed by atoms with van der Waals surface area (Å²) in [5.74, 6) is 1.96. The molecule has 0 radical (unpaired) electrons. The number of hydrogen-bond acceptors (Lipinski definition) is 7. The van der Waals surface area contributed by atoms with E-state index in [4.69, 9.17) is 34.8 Å². The van der Waals surface area contributed by atoms with Crippen molar-refractivity contribution in [3.05, 3.63) is 53.1 Å². The maximum absolute atomic E-state index is 8.52. The Kier molecular flexibility index (Phi) is 7.10. The topological polar surface area (TPSA) is 96.0 Å². The molecule has 2 aromatic carbocycles. The highest BCUT2D eigenvalue weighted by Crippen LogP contribution is 2.32. The van der Waals surface area contributed by atoms with Crippen molar-refractivity contribution < 1.29 is 25.1 Å². The first-order chi connectivity index (χ1) is 14.1. The molecular weight excluding hydrogens is 372 g/mol. The fourth-order valence-corrected chi connectivity index (χ4v) is 2.99. The van der Waals surface area contributed by atoms with Crippen molar-refractivity contribution in [2.75, 3.05) is 39.5 Å². The molecule has 0 amide bonds. The van der Waals surface area contributed by atoms with E-state index in [0.717, 1.165) is 16.9 Å². The number of nitrogen functional groups attached to an aromatic ring is 1. The van der Waals surface area contributed by atoms with Crippen LogP contribution >= 0.6 is 0 Å². The fraction of sp³-hybridized carbons (Fsp3) is 0.318. The van der Waals surface area contributed by atoms with Crippen LogP contribution in [0.15, 0.2) is 36.4 Å². The van der Waals surface area contributed by atoms with Gasteiger partial charge in [0.25, 0.3) is 0 Å². The van der Waals surface area contributed by atoms with Gasteiger partial charge < -0.3 is 34.8 Å². The summed E-state index contributed by atoms with van der Waals surface area (Å²) in [6.07, 6.45) is 3.52. The highest BCUT2D eigenvalue weighted by atomic mass is 16.7. The summed E-state index contributed by atoms with van der Waals surface area (Å²) < 4.78 is 27.4. The summed E-state index contributed by atoms with van der Waals surface area (Å²) in [5, 5.41) is 8.52. The van der Waals surface area contributed by atoms with Crippen LogP contribution in [0, 0.1) is 5.41 Å². The van der Waals surface area contributed by atoms with Gasteiger partial charge >= 0.3 is 0 Å². The van der Waals surface area contributed by atoms with Gasteiger partial charge in [0.2, 0.25) is 0 Å². The van der Waals surface area contributed by atoms with Crippen LogP contribution in [-0.2, 0) is 16.1 Å². The summed E-state index contributed by atoms with van der Waals surface area (Å²) >= 11 is 0.